The highest BCUT2D eigenvalue weighted by Crippen LogP contribution is 2.17. The summed E-state index contributed by atoms with van der Waals surface area (Å²) in [6.07, 6.45) is 1.61. The van der Waals surface area contributed by atoms with Gasteiger partial charge in [-0.1, -0.05) is 42.5 Å². The minimum Gasteiger partial charge on any atom is -0.421 e. The van der Waals surface area contributed by atoms with Gasteiger partial charge in [-0.05, 0) is 36.6 Å². The molecule has 3 rings (SSSR count). The second-order valence-corrected chi connectivity index (χ2v) is 5.89. The Balaban J connectivity index is 1.44. The van der Waals surface area contributed by atoms with Gasteiger partial charge in [0.05, 0.1) is 0 Å². The molecule has 0 saturated heterocycles. The summed E-state index contributed by atoms with van der Waals surface area (Å²) in [5, 5.41) is 11.0. The molecule has 0 fully saturated rings. The lowest BCUT2D eigenvalue weighted by molar-refractivity contribution is -0.121. The first-order chi connectivity index (χ1) is 12.2. The van der Waals surface area contributed by atoms with Gasteiger partial charge in [0.15, 0.2) is 0 Å². The van der Waals surface area contributed by atoms with Gasteiger partial charge in [0.1, 0.15) is 0 Å². The lowest BCUT2D eigenvalue weighted by Gasteiger charge is -2.06. The maximum Gasteiger partial charge on any atom is 0.247 e. The van der Waals surface area contributed by atoms with Crippen molar-refractivity contribution in [2.24, 2.45) is 0 Å². The molecule has 1 N–H and O–H groups in total. The van der Waals surface area contributed by atoms with Crippen LogP contribution in [0, 0.1) is 6.92 Å². The van der Waals surface area contributed by atoms with Gasteiger partial charge in [0, 0.05) is 24.9 Å². The molecule has 128 valence electrons. The van der Waals surface area contributed by atoms with E-state index in [-0.39, 0.29) is 5.91 Å². The fourth-order valence-electron chi connectivity index (χ4n) is 2.59. The highest BCUT2D eigenvalue weighted by Gasteiger charge is 2.10. The van der Waals surface area contributed by atoms with Gasteiger partial charge in [-0.25, -0.2) is 0 Å². The molecule has 5 heteroatoms. The van der Waals surface area contributed by atoms with Crippen LogP contribution < -0.4 is 5.32 Å². The highest BCUT2D eigenvalue weighted by molar-refractivity contribution is 5.76. The van der Waals surface area contributed by atoms with E-state index in [0.29, 0.717) is 31.2 Å². The maximum atomic E-state index is 12.0. The number of amides is 1. The molecule has 0 bridgehead atoms. The first kappa shape index (κ1) is 16.9. The number of nitrogens with one attached hydrogen (secondary N) is 1. The van der Waals surface area contributed by atoms with Gasteiger partial charge in [-0.15, -0.1) is 10.2 Å². The van der Waals surface area contributed by atoms with Crippen LogP contribution in [0.2, 0.25) is 0 Å². The SMILES string of the molecule is Cc1ccccc1CCNC(=O)CCc1nnc(-c2ccccc2)o1. The summed E-state index contributed by atoms with van der Waals surface area (Å²) in [5.74, 6) is 0.955. The summed E-state index contributed by atoms with van der Waals surface area (Å²) in [7, 11) is 0. The Morgan fingerprint density at radius 1 is 1.00 bits per heavy atom. The molecule has 2 aromatic carbocycles. The summed E-state index contributed by atoms with van der Waals surface area (Å²) < 4.78 is 5.61. The molecule has 5 nitrogen and oxygen atoms in total. The van der Waals surface area contributed by atoms with Gasteiger partial charge in [0.2, 0.25) is 17.7 Å². The predicted molar refractivity (Wildman–Crippen MR) is 95.9 cm³/mol. The summed E-state index contributed by atoms with van der Waals surface area (Å²) in [4.78, 5) is 12.0. The van der Waals surface area contributed by atoms with E-state index in [1.165, 1.54) is 11.1 Å². The molecule has 1 amide bonds. The molecule has 0 spiro atoms. The Bertz CT molecular complexity index is 828. The van der Waals surface area contributed by atoms with Crippen molar-refractivity contribution in [1.82, 2.24) is 15.5 Å². The number of hydrogen-bond donors (Lipinski definition) is 1. The van der Waals surface area contributed by atoms with Crippen LogP contribution in [0.25, 0.3) is 11.5 Å². The van der Waals surface area contributed by atoms with Crippen LogP contribution in [0.5, 0.6) is 0 Å². The molecule has 3 aromatic rings. The Labute approximate surface area is 147 Å². The van der Waals surface area contributed by atoms with Crippen molar-refractivity contribution in [2.75, 3.05) is 6.54 Å². The molecule has 0 atom stereocenters. The Kier molecular flexibility index (Phi) is 5.57. The van der Waals surface area contributed by atoms with Crippen molar-refractivity contribution < 1.29 is 9.21 Å². The molecule has 0 saturated carbocycles. The summed E-state index contributed by atoms with van der Waals surface area (Å²) in [6, 6.07) is 17.8. The zero-order valence-corrected chi connectivity index (χ0v) is 14.2. The largest absolute Gasteiger partial charge is 0.421 e. The van der Waals surface area contributed by atoms with E-state index in [2.05, 4.69) is 34.6 Å². The van der Waals surface area contributed by atoms with Crippen molar-refractivity contribution in [2.45, 2.75) is 26.2 Å². The number of benzene rings is 2. The molecule has 0 radical (unpaired) electrons. The van der Waals surface area contributed by atoms with Crippen LogP contribution in [-0.2, 0) is 17.6 Å². The van der Waals surface area contributed by atoms with Crippen molar-refractivity contribution in [1.29, 1.82) is 0 Å². The fourth-order valence-corrected chi connectivity index (χ4v) is 2.59. The van der Waals surface area contributed by atoms with E-state index in [4.69, 9.17) is 4.42 Å². The third-order valence-electron chi connectivity index (χ3n) is 4.03. The first-order valence-corrected chi connectivity index (χ1v) is 8.41. The number of aryl methyl sites for hydroxylation is 2. The molecule has 0 unspecified atom stereocenters. The lowest BCUT2D eigenvalue weighted by Crippen LogP contribution is -2.26. The molecule has 1 aromatic heterocycles. The summed E-state index contributed by atoms with van der Waals surface area (Å²) >= 11 is 0. The van der Waals surface area contributed by atoms with Crippen LogP contribution in [0.3, 0.4) is 0 Å². The molecular formula is C20H21N3O2. The molecule has 25 heavy (non-hydrogen) atoms. The molecule has 0 aliphatic heterocycles. The quantitative estimate of drug-likeness (QED) is 0.719. The summed E-state index contributed by atoms with van der Waals surface area (Å²) in [6.45, 7) is 2.71. The Morgan fingerprint density at radius 3 is 2.56 bits per heavy atom. The average Bonchev–Trinajstić information content (AvgIpc) is 3.11. The van der Waals surface area contributed by atoms with E-state index in [9.17, 15) is 4.79 Å². The minimum absolute atomic E-state index is 0.00644. The lowest BCUT2D eigenvalue weighted by atomic mass is 10.1. The fraction of sp³-hybridized carbons (Fsp3) is 0.250. The zero-order valence-electron chi connectivity index (χ0n) is 14.2. The number of aromatic nitrogens is 2. The van der Waals surface area contributed by atoms with Gasteiger partial charge in [-0.3, -0.25) is 4.79 Å². The van der Waals surface area contributed by atoms with Gasteiger partial charge >= 0.3 is 0 Å². The molecular weight excluding hydrogens is 314 g/mol. The van der Waals surface area contributed by atoms with Crippen LogP contribution in [0.1, 0.15) is 23.4 Å². The van der Waals surface area contributed by atoms with Crippen LogP contribution >= 0.6 is 0 Å². The van der Waals surface area contributed by atoms with Crippen molar-refractivity contribution in [3.05, 3.63) is 71.6 Å². The summed E-state index contributed by atoms with van der Waals surface area (Å²) in [5.41, 5.74) is 3.38. The smallest absolute Gasteiger partial charge is 0.247 e. The van der Waals surface area contributed by atoms with E-state index < -0.39 is 0 Å². The van der Waals surface area contributed by atoms with Crippen molar-refractivity contribution in [3.63, 3.8) is 0 Å². The number of carbonyl (C=O) groups is 1. The third-order valence-corrected chi connectivity index (χ3v) is 4.03. The molecule has 1 heterocycles. The number of carbonyl (C=O) groups excluding carboxylic acids is 1. The van der Waals surface area contributed by atoms with E-state index in [0.717, 1.165) is 12.0 Å². The second kappa shape index (κ2) is 8.24. The van der Waals surface area contributed by atoms with E-state index in [1.807, 2.05) is 42.5 Å². The highest BCUT2D eigenvalue weighted by atomic mass is 16.4. The minimum atomic E-state index is -0.00644. The Morgan fingerprint density at radius 2 is 1.76 bits per heavy atom. The van der Waals surface area contributed by atoms with Crippen molar-refractivity contribution in [3.8, 4) is 11.5 Å². The van der Waals surface area contributed by atoms with E-state index >= 15 is 0 Å². The first-order valence-electron chi connectivity index (χ1n) is 8.41. The zero-order chi connectivity index (χ0) is 17.5. The molecule has 0 aliphatic carbocycles. The molecule has 0 aliphatic rings. The third kappa shape index (κ3) is 4.76. The number of rotatable bonds is 7. The normalized spacial score (nSPS) is 10.6. The second-order valence-electron chi connectivity index (χ2n) is 5.89. The average molecular weight is 335 g/mol. The topological polar surface area (TPSA) is 68.0 Å². The van der Waals surface area contributed by atoms with Crippen LogP contribution in [-0.4, -0.2) is 22.6 Å². The predicted octanol–water partition coefficient (Wildman–Crippen LogP) is 3.34. The number of nitrogens with zero attached hydrogens (tertiary/aromatic N) is 2. The number of hydrogen-bond acceptors (Lipinski definition) is 4. The maximum absolute atomic E-state index is 12.0. The van der Waals surface area contributed by atoms with Gasteiger partial charge in [-0.2, -0.15) is 0 Å². The monoisotopic (exact) mass is 335 g/mol. The standard InChI is InChI=1S/C20H21N3O2/c1-15-7-5-6-8-16(15)13-14-21-18(24)11-12-19-22-23-20(25-19)17-9-3-2-4-10-17/h2-10H,11-14H2,1H3,(H,21,24). The van der Waals surface area contributed by atoms with E-state index in [1.54, 1.807) is 0 Å². The van der Waals surface area contributed by atoms with Crippen LogP contribution in [0.4, 0.5) is 0 Å². The Hall–Kier alpha value is -2.95. The van der Waals surface area contributed by atoms with Gasteiger partial charge in [0.25, 0.3) is 0 Å². The van der Waals surface area contributed by atoms with Gasteiger partial charge < -0.3 is 9.73 Å². The van der Waals surface area contributed by atoms with Crippen LogP contribution in [0.15, 0.2) is 59.0 Å². The van der Waals surface area contributed by atoms with Crippen molar-refractivity contribution >= 4 is 5.91 Å².